The van der Waals surface area contributed by atoms with Crippen LogP contribution >= 0.6 is 11.8 Å². The molecular weight excluding hydrogens is 269 g/mol. The van der Waals surface area contributed by atoms with Gasteiger partial charge < -0.3 is 5.32 Å². The van der Waals surface area contributed by atoms with Crippen molar-refractivity contribution in [2.75, 3.05) is 0 Å². The lowest BCUT2D eigenvalue weighted by molar-refractivity contribution is 0.424. The minimum atomic E-state index is -0.194. The molecule has 0 saturated heterocycles. The van der Waals surface area contributed by atoms with Crippen molar-refractivity contribution in [1.82, 2.24) is 5.32 Å². The summed E-state index contributed by atoms with van der Waals surface area (Å²) in [4.78, 5) is 2.04. The largest absolute Gasteiger partial charge is 0.308 e. The van der Waals surface area contributed by atoms with Crippen molar-refractivity contribution in [2.45, 2.75) is 42.6 Å². The molecule has 0 spiro atoms. The summed E-state index contributed by atoms with van der Waals surface area (Å²) in [6, 6.07) is 15.1. The molecule has 0 radical (unpaired) electrons. The lowest BCUT2D eigenvalue weighted by Crippen LogP contribution is -2.35. The van der Waals surface area contributed by atoms with E-state index in [1.807, 2.05) is 6.07 Å². The zero-order valence-electron chi connectivity index (χ0n) is 12.1. The second-order valence-electron chi connectivity index (χ2n) is 5.81. The molecule has 0 saturated carbocycles. The van der Waals surface area contributed by atoms with Crippen molar-refractivity contribution in [3.63, 3.8) is 0 Å². The standard InChI is InChI=1S/C17H20FNS/c1-17(2,3)19-12-13-7-9-15(10-8-13)20-16-6-4-5-14(18)11-16/h4-11,19H,12H2,1-3H3. The highest BCUT2D eigenvalue weighted by atomic mass is 32.2. The number of benzene rings is 2. The number of hydrogen-bond acceptors (Lipinski definition) is 2. The summed E-state index contributed by atoms with van der Waals surface area (Å²) >= 11 is 1.57. The first-order chi connectivity index (χ1) is 9.42. The fourth-order valence-corrected chi connectivity index (χ4v) is 2.57. The van der Waals surface area contributed by atoms with Crippen LogP contribution in [-0.2, 0) is 6.54 Å². The maximum absolute atomic E-state index is 13.1. The number of nitrogens with one attached hydrogen (secondary N) is 1. The average molecular weight is 289 g/mol. The van der Waals surface area contributed by atoms with E-state index in [1.165, 1.54) is 11.6 Å². The monoisotopic (exact) mass is 289 g/mol. The lowest BCUT2D eigenvalue weighted by Gasteiger charge is -2.20. The molecule has 0 heterocycles. The summed E-state index contributed by atoms with van der Waals surface area (Å²) in [6.07, 6.45) is 0. The maximum atomic E-state index is 13.1. The lowest BCUT2D eigenvalue weighted by atomic mass is 10.1. The van der Waals surface area contributed by atoms with E-state index >= 15 is 0 Å². The molecule has 0 fully saturated rings. The van der Waals surface area contributed by atoms with Crippen molar-refractivity contribution in [1.29, 1.82) is 0 Å². The molecule has 0 amide bonds. The van der Waals surface area contributed by atoms with Crippen LogP contribution in [-0.4, -0.2) is 5.54 Å². The van der Waals surface area contributed by atoms with E-state index in [1.54, 1.807) is 23.9 Å². The third kappa shape index (κ3) is 4.99. The molecule has 0 unspecified atom stereocenters. The van der Waals surface area contributed by atoms with Crippen LogP contribution < -0.4 is 5.32 Å². The molecule has 2 rings (SSSR count). The van der Waals surface area contributed by atoms with Crippen molar-refractivity contribution in [2.24, 2.45) is 0 Å². The molecule has 1 N–H and O–H groups in total. The fourth-order valence-electron chi connectivity index (χ4n) is 1.71. The van der Waals surface area contributed by atoms with Crippen LogP contribution in [0.5, 0.6) is 0 Å². The van der Waals surface area contributed by atoms with Crippen LogP contribution in [0.1, 0.15) is 26.3 Å². The second kappa shape index (κ2) is 6.42. The van der Waals surface area contributed by atoms with Crippen LogP contribution in [0.2, 0.25) is 0 Å². The van der Waals surface area contributed by atoms with Gasteiger partial charge >= 0.3 is 0 Å². The average Bonchev–Trinajstić information content (AvgIpc) is 2.37. The van der Waals surface area contributed by atoms with E-state index < -0.39 is 0 Å². The smallest absolute Gasteiger partial charge is 0.124 e. The Morgan fingerprint density at radius 3 is 2.30 bits per heavy atom. The summed E-state index contributed by atoms with van der Waals surface area (Å²) in [5, 5.41) is 3.46. The normalized spacial score (nSPS) is 11.6. The Hall–Kier alpha value is -1.32. The molecular formula is C17H20FNS. The first-order valence-electron chi connectivity index (χ1n) is 6.70. The van der Waals surface area contributed by atoms with E-state index in [9.17, 15) is 4.39 Å². The summed E-state index contributed by atoms with van der Waals surface area (Å²) in [5.41, 5.74) is 1.37. The van der Waals surface area contributed by atoms with Gasteiger partial charge in [-0.3, -0.25) is 0 Å². The quantitative estimate of drug-likeness (QED) is 0.862. The van der Waals surface area contributed by atoms with Crippen LogP contribution in [0, 0.1) is 5.82 Å². The molecule has 2 aromatic carbocycles. The first-order valence-corrected chi connectivity index (χ1v) is 7.51. The predicted octanol–water partition coefficient (Wildman–Crippen LogP) is 4.87. The van der Waals surface area contributed by atoms with Gasteiger partial charge in [0.15, 0.2) is 0 Å². The van der Waals surface area contributed by atoms with Gasteiger partial charge in [-0.1, -0.05) is 30.0 Å². The van der Waals surface area contributed by atoms with Gasteiger partial charge in [-0.25, -0.2) is 4.39 Å². The Morgan fingerprint density at radius 2 is 1.70 bits per heavy atom. The zero-order chi connectivity index (χ0) is 14.6. The third-order valence-electron chi connectivity index (χ3n) is 2.78. The molecule has 0 aliphatic carbocycles. The zero-order valence-corrected chi connectivity index (χ0v) is 12.9. The maximum Gasteiger partial charge on any atom is 0.124 e. The van der Waals surface area contributed by atoms with Gasteiger partial charge in [0.2, 0.25) is 0 Å². The van der Waals surface area contributed by atoms with E-state index in [0.717, 1.165) is 16.3 Å². The van der Waals surface area contributed by atoms with Gasteiger partial charge in [-0.2, -0.15) is 0 Å². The highest BCUT2D eigenvalue weighted by Crippen LogP contribution is 2.28. The van der Waals surface area contributed by atoms with E-state index in [0.29, 0.717) is 0 Å². The number of halogens is 1. The molecule has 0 aromatic heterocycles. The molecule has 0 bridgehead atoms. The van der Waals surface area contributed by atoms with Gasteiger partial charge in [0.25, 0.3) is 0 Å². The van der Waals surface area contributed by atoms with Crippen molar-refractivity contribution >= 4 is 11.8 Å². The molecule has 0 aliphatic rings. The van der Waals surface area contributed by atoms with E-state index in [4.69, 9.17) is 0 Å². The van der Waals surface area contributed by atoms with E-state index in [2.05, 4.69) is 50.4 Å². The Balaban J connectivity index is 1.98. The van der Waals surface area contributed by atoms with Gasteiger partial charge in [-0.15, -0.1) is 0 Å². The Kier molecular flexibility index (Phi) is 4.84. The second-order valence-corrected chi connectivity index (χ2v) is 6.95. The number of rotatable bonds is 4. The summed E-state index contributed by atoms with van der Waals surface area (Å²) in [5.74, 6) is -0.194. The third-order valence-corrected chi connectivity index (χ3v) is 3.78. The highest BCUT2D eigenvalue weighted by molar-refractivity contribution is 7.99. The Labute approximate surface area is 124 Å². The summed E-state index contributed by atoms with van der Waals surface area (Å²) in [7, 11) is 0. The Bertz CT molecular complexity index is 558. The SMILES string of the molecule is CC(C)(C)NCc1ccc(Sc2cccc(F)c2)cc1. The molecule has 3 heteroatoms. The van der Waals surface area contributed by atoms with E-state index in [-0.39, 0.29) is 11.4 Å². The molecule has 2 aromatic rings. The molecule has 106 valence electrons. The molecule has 1 nitrogen and oxygen atoms in total. The Morgan fingerprint density at radius 1 is 1.00 bits per heavy atom. The number of hydrogen-bond donors (Lipinski definition) is 1. The molecule has 0 atom stereocenters. The fraction of sp³-hybridized carbons (Fsp3) is 0.294. The first kappa shape index (κ1) is 15.1. The van der Waals surface area contributed by atoms with Gasteiger partial charge in [0, 0.05) is 21.9 Å². The van der Waals surface area contributed by atoms with Crippen LogP contribution in [0.15, 0.2) is 58.3 Å². The molecule has 0 aliphatic heterocycles. The van der Waals surface area contributed by atoms with Gasteiger partial charge in [0.05, 0.1) is 0 Å². The predicted molar refractivity (Wildman–Crippen MR) is 83.6 cm³/mol. The van der Waals surface area contributed by atoms with Crippen LogP contribution in [0.25, 0.3) is 0 Å². The minimum Gasteiger partial charge on any atom is -0.308 e. The summed E-state index contributed by atoms with van der Waals surface area (Å²) < 4.78 is 13.1. The van der Waals surface area contributed by atoms with Gasteiger partial charge in [-0.05, 0) is 56.7 Å². The highest BCUT2D eigenvalue weighted by Gasteiger charge is 2.08. The van der Waals surface area contributed by atoms with Gasteiger partial charge in [0.1, 0.15) is 5.82 Å². The van der Waals surface area contributed by atoms with Crippen molar-refractivity contribution in [3.8, 4) is 0 Å². The summed E-state index contributed by atoms with van der Waals surface area (Å²) in [6.45, 7) is 7.32. The van der Waals surface area contributed by atoms with Crippen LogP contribution in [0.3, 0.4) is 0 Å². The van der Waals surface area contributed by atoms with Crippen molar-refractivity contribution in [3.05, 3.63) is 59.9 Å². The topological polar surface area (TPSA) is 12.0 Å². The van der Waals surface area contributed by atoms with Crippen molar-refractivity contribution < 1.29 is 4.39 Å². The minimum absolute atomic E-state index is 0.120. The molecule has 20 heavy (non-hydrogen) atoms. The van der Waals surface area contributed by atoms with Crippen LogP contribution in [0.4, 0.5) is 4.39 Å².